The third-order valence-corrected chi connectivity index (χ3v) is 6.87. The first-order chi connectivity index (χ1) is 11.4. The van der Waals surface area contributed by atoms with Crippen LogP contribution in [0.25, 0.3) is 0 Å². The molecule has 2 aliphatic heterocycles. The zero-order valence-electron chi connectivity index (χ0n) is 14.7. The maximum atomic E-state index is 13.1. The predicted octanol–water partition coefficient (Wildman–Crippen LogP) is 1.78. The summed E-state index contributed by atoms with van der Waals surface area (Å²) >= 11 is 0. The topological polar surface area (TPSA) is 69.7 Å². The van der Waals surface area contributed by atoms with E-state index < -0.39 is 10.0 Å². The monoisotopic (exact) mass is 387 g/mol. The summed E-state index contributed by atoms with van der Waals surface area (Å²) in [5.41, 5.74) is 1.79. The molecule has 1 amide bonds. The van der Waals surface area contributed by atoms with Gasteiger partial charge in [0.15, 0.2) is 0 Å². The van der Waals surface area contributed by atoms with Crippen molar-refractivity contribution in [3.05, 3.63) is 23.8 Å². The summed E-state index contributed by atoms with van der Waals surface area (Å²) in [4.78, 5) is 13.9. The van der Waals surface area contributed by atoms with Crippen molar-refractivity contribution in [2.24, 2.45) is 0 Å². The summed E-state index contributed by atoms with van der Waals surface area (Å²) in [5, 5.41) is 3.08. The van der Waals surface area contributed by atoms with E-state index in [1.165, 1.54) is 6.92 Å². The molecule has 0 bridgehead atoms. The van der Waals surface area contributed by atoms with Crippen LogP contribution in [0.5, 0.6) is 0 Å². The van der Waals surface area contributed by atoms with Gasteiger partial charge in [0.1, 0.15) is 0 Å². The van der Waals surface area contributed by atoms with Crippen molar-refractivity contribution in [1.29, 1.82) is 0 Å². The van der Waals surface area contributed by atoms with Crippen LogP contribution in [-0.4, -0.2) is 51.4 Å². The molecule has 2 heterocycles. The Kier molecular flexibility index (Phi) is 6.48. The quantitative estimate of drug-likeness (QED) is 0.854. The second-order valence-electron chi connectivity index (χ2n) is 6.53. The van der Waals surface area contributed by atoms with E-state index in [1.54, 1.807) is 21.3 Å². The fourth-order valence-corrected chi connectivity index (χ4v) is 5.46. The molecule has 1 aromatic rings. The molecule has 25 heavy (non-hydrogen) atoms. The Morgan fingerprint density at radius 2 is 2.04 bits per heavy atom. The van der Waals surface area contributed by atoms with Gasteiger partial charge in [-0.15, -0.1) is 12.4 Å². The summed E-state index contributed by atoms with van der Waals surface area (Å²) in [6, 6.07) is 5.23. The molecule has 0 aromatic heterocycles. The van der Waals surface area contributed by atoms with Gasteiger partial charge in [-0.1, -0.05) is 6.07 Å². The number of amides is 1. The number of nitrogens with one attached hydrogen (secondary N) is 1. The van der Waals surface area contributed by atoms with Crippen LogP contribution in [0, 0.1) is 0 Å². The largest absolute Gasteiger partial charge is 0.318 e. The molecule has 2 aliphatic rings. The van der Waals surface area contributed by atoms with Crippen LogP contribution in [0.2, 0.25) is 0 Å². The number of hydrogen-bond donors (Lipinski definition) is 1. The molecular formula is C17H26ClN3O3S. The van der Waals surface area contributed by atoms with E-state index in [4.69, 9.17) is 0 Å². The van der Waals surface area contributed by atoms with Crippen molar-refractivity contribution in [2.45, 2.75) is 43.5 Å². The normalized spacial score (nSPS) is 20.9. The number of aryl methyl sites for hydroxylation is 1. The average Bonchev–Trinajstić information content (AvgIpc) is 3.03. The first kappa shape index (κ1) is 20.2. The lowest BCUT2D eigenvalue weighted by Crippen LogP contribution is -2.41. The average molecular weight is 388 g/mol. The number of nitrogens with zero attached hydrogens (tertiary/aromatic N) is 2. The highest BCUT2D eigenvalue weighted by atomic mass is 35.5. The Morgan fingerprint density at radius 3 is 2.72 bits per heavy atom. The first-order valence-electron chi connectivity index (χ1n) is 8.52. The van der Waals surface area contributed by atoms with E-state index in [9.17, 15) is 13.2 Å². The zero-order valence-corrected chi connectivity index (χ0v) is 16.3. The van der Waals surface area contributed by atoms with Gasteiger partial charge in [-0.25, -0.2) is 8.42 Å². The number of fused-ring (bicyclic) bond motifs is 1. The Morgan fingerprint density at radius 1 is 1.28 bits per heavy atom. The molecule has 6 nitrogen and oxygen atoms in total. The van der Waals surface area contributed by atoms with E-state index in [1.807, 2.05) is 13.1 Å². The van der Waals surface area contributed by atoms with E-state index >= 15 is 0 Å². The van der Waals surface area contributed by atoms with Gasteiger partial charge in [0.2, 0.25) is 15.9 Å². The zero-order chi connectivity index (χ0) is 17.3. The van der Waals surface area contributed by atoms with Gasteiger partial charge in [-0.2, -0.15) is 4.31 Å². The van der Waals surface area contributed by atoms with Gasteiger partial charge in [0.05, 0.1) is 4.90 Å². The molecule has 1 unspecified atom stereocenters. The highest BCUT2D eigenvalue weighted by Gasteiger charge is 2.35. The number of anilines is 1. The maximum Gasteiger partial charge on any atom is 0.243 e. The van der Waals surface area contributed by atoms with Gasteiger partial charge in [0, 0.05) is 38.3 Å². The fourth-order valence-electron chi connectivity index (χ4n) is 3.74. The molecule has 140 valence electrons. The number of carbonyl (C=O) groups is 1. The van der Waals surface area contributed by atoms with Crippen LogP contribution in [0.1, 0.15) is 31.7 Å². The Bertz CT molecular complexity index is 739. The molecule has 3 rings (SSSR count). The molecule has 0 radical (unpaired) electrons. The second-order valence-corrected chi connectivity index (χ2v) is 8.42. The molecule has 1 N–H and O–H groups in total. The van der Waals surface area contributed by atoms with Crippen LogP contribution in [0.3, 0.4) is 0 Å². The lowest BCUT2D eigenvalue weighted by atomic mass is 10.0. The van der Waals surface area contributed by atoms with Gasteiger partial charge in [0.25, 0.3) is 0 Å². The number of halogens is 1. The Hall–Kier alpha value is -1.15. The minimum Gasteiger partial charge on any atom is -0.318 e. The van der Waals surface area contributed by atoms with Crippen LogP contribution >= 0.6 is 12.4 Å². The predicted molar refractivity (Wildman–Crippen MR) is 101 cm³/mol. The molecule has 1 atom stereocenters. The third kappa shape index (κ3) is 3.84. The Balaban J connectivity index is 0.00000225. The number of carbonyl (C=O) groups excluding carboxylic acids is 1. The number of hydrogen-bond acceptors (Lipinski definition) is 4. The molecular weight excluding hydrogens is 362 g/mol. The summed E-state index contributed by atoms with van der Waals surface area (Å²) in [6.07, 6.45) is 3.56. The molecule has 1 fully saturated rings. The summed E-state index contributed by atoms with van der Waals surface area (Å²) in [7, 11) is -1.70. The van der Waals surface area contributed by atoms with Gasteiger partial charge in [-0.3, -0.25) is 4.79 Å². The van der Waals surface area contributed by atoms with Crippen molar-refractivity contribution in [2.75, 3.05) is 31.6 Å². The van der Waals surface area contributed by atoms with Gasteiger partial charge in [-0.05, 0) is 50.4 Å². The van der Waals surface area contributed by atoms with Crippen LogP contribution in [0.15, 0.2) is 23.1 Å². The number of rotatable bonds is 4. The van der Waals surface area contributed by atoms with Gasteiger partial charge >= 0.3 is 0 Å². The van der Waals surface area contributed by atoms with E-state index in [-0.39, 0.29) is 29.3 Å². The standard InChI is InChI=1S/C17H25N3O3S.ClH/c1-13(21)19-9-3-5-14-7-8-16(11-17(14)19)24(22,23)20-10-4-6-15(20)12-18-2;/h7-8,11,15,18H,3-6,9-10,12H2,1-2H3;1H. The number of benzene rings is 1. The molecule has 8 heteroatoms. The highest BCUT2D eigenvalue weighted by Crippen LogP contribution is 2.32. The van der Waals surface area contributed by atoms with Crippen LogP contribution < -0.4 is 10.2 Å². The lowest BCUT2D eigenvalue weighted by Gasteiger charge is -2.30. The first-order valence-corrected chi connectivity index (χ1v) is 9.96. The lowest BCUT2D eigenvalue weighted by molar-refractivity contribution is -0.116. The Labute approximate surface area is 156 Å². The van der Waals surface area contributed by atoms with E-state index in [0.717, 1.165) is 36.9 Å². The van der Waals surface area contributed by atoms with Gasteiger partial charge < -0.3 is 10.2 Å². The SMILES string of the molecule is CNCC1CCCN1S(=O)(=O)c1ccc2c(c1)N(C(C)=O)CCC2.Cl. The summed E-state index contributed by atoms with van der Waals surface area (Å²) in [6.45, 7) is 3.39. The maximum absolute atomic E-state index is 13.1. The number of likely N-dealkylation sites (N-methyl/N-ethyl adjacent to an activating group) is 1. The van der Waals surface area contributed by atoms with Crippen LogP contribution in [0.4, 0.5) is 5.69 Å². The fraction of sp³-hybridized carbons (Fsp3) is 0.588. The molecule has 1 saturated heterocycles. The van der Waals surface area contributed by atoms with E-state index in [2.05, 4.69) is 5.32 Å². The van der Waals surface area contributed by atoms with Crippen molar-refractivity contribution < 1.29 is 13.2 Å². The van der Waals surface area contributed by atoms with E-state index in [0.29, 0.717) is 19.6 Å². The summed E-state index contributed by atoms with van der Waals surface area (Å²) < 4.78 is 27.8. The highest BCUT2D eigenvalue weighted by molar-refractivity contribution is 7.89. The molecule has 0 aliphatic carbocycles. The smallest absolute Gasteiger partial charge is 0.243 e. The van der Waals surface area contributed by atoms with Crippen molar-refractivity contribution >= 4 is 34.0 Å². The summed E-state index contributed by atoms with van der Waals surface area (Å²) in [5.74, 6) is -0.0419. The molecule has 0 spiro atoms. The number of sulfonamides is 1. The molecule has 1 aromatic carbocycles. The minimum absolute atomic E-state index is 0. The van der Waals surface area contributed by atoms with Crippen molar-refractivity contribution in [1.82, 2.24) is 9.62 Å². The van der Waals surface area contributed by atoms with Crippen LogP contribution in [-0.2, 0) is 21.2 Å². The minimum atomic E-state index is -3.54. The van der Waals surface area contributed by atoms with Crippen molar-refractivity contribution in [3.63, 3.8) is 0 Å². The second kappa shape index (κ2) is 8.03. The van der Waals surface area contributed by atoms with Crippen molar-refractivity contribution in [3.8, 4) is 0 Å². The third-order valence-electron chi connectivity index (χ3n) is 4.92. The molecule has 0 saturated carbocycles.